The summed E-state index contributed by atoms with van der Waals surface area (Å²) < 4.78 is 62.0. The van der Waals surface area contributed by atoms with Crippen molar-refractivity contribution in [1.82, 2.24) is 19.7 Å². The highest BCUT2D eigenvalue weighted by atomic mass is 35.5. The third-order valence-electron chi connectivity index (χ3n) is 5.03. The van der Waals surface area contributed by atoms with E-state index in [4.69, 9.17) is 21.1 Å². The summed E-state index contributed by atoms with van der Waals surface area (Å²) in [6, 6.07) is -0.341. The molecule has 0 aromatic carbocycles. The van der Waals surface area contributed by atoms with Gasteiger partial charge in [0.2, 0.25) is 5.95 Å². The lowest BCUT2D eigenvalue weighted by Crippen LogP contribution is -2.36. The van der Waals surface area contributed by atoms with Crippen molar-refractivity contribution < 1.29 is 26.7 Å². The molecule has 2 fully saturated rings. The number of aromatic nitrogens is 4. The minimum absolute atomic E-state index is 0.112. The standard InChI is InChI=1S/C17H21ClF2N6O4S/c1-26-4-10(2-22-26)23-17-21-3-11(18)16(25-17)24-12-6-30-14-9(5-29-15(12)14)7-31(27,28)8-13(19)20/h2-4,9,12-15H,5-8H2,1H3,(H2,21,23,24,25)/t9-,12-,14?,15?/m1/s1. The molecule has 31 heavy (non-hydrogen) atoms. The van der Waals surface area contributed by atoms with Crippen LogP contribution in [0.3, 0.4) is 0 Å². The Balaban J connectivity index is 1.41. The summed E-state index contributed by atoms with van der Waals surface area (Å²) in [7, 11) is -2.12. The zero-order valence-corrected chi connectivity index (χ0v) is 18.0. The van der Waals surface area contributed by atoms with Gasteiger partial charge in [-0.05, 0) is 0 Å². The normalized spacial score (nSPS) is 25.7. The largest absolute Gasteiger partial charge is 0.373 e. The molecule has 0 saturated carbocycles. The van der Waals surface area contributed by atoms with Crippen LogP contribution in [0.15, 0.2) is 18.6 Å². The third-order valence-corrected chi connectivity index (χ3v) is 7.00. The number of alkyl halides is 2. The van der Waals surface area contributed by atoms with Gasteiger partial charge in [0.15, 0.2) is 15.7 Å². The van der Waals surface area contributed by atoms with Gasteiger partial charge in [0.05, 0.1) is 49.2 Å². The first-order valence-electron chi connectivity index (χ1n) is 9.47. The van der Waals surface area contributed by atoms with Gasteiger partial charge in [0, 0.05) is 19.2 Å². The lowest BCUT2D eigenvalue weighted by molar-refractivity contribution is 0.0656. The van der Waals surface area contributed by atoms with Gasteiger partial charge in [0.1, 0.15) is 16.9 Å². The summed E-state index contributed by atoms with van der Waals surface area (Å²) in [5.74, 6) is -1.41. The maximum absolute atomic E-state index is 12.5. The zero-order chi connectivity index (χ0) is 22.2. The van der Waals surface area contributed by atoms with Gasteiger partial charge < -0.3 is 20.1 Å². The van der Waals surface area contributed by atoms with E-state index in [1.807, 2.05) is 0 Å². The maximum atomic E-state index is 12.5. The predicted octanol–water partition coefficient (Wildman–Crippen LogP) is 1.48. The van der Waals surface area contributed by atoms with Gasteiger partial charge in [0.25, 0.3) is 6.43 Å². The average Bonchev–Trinajstić information content (AvgIpc) is 3.36. The van der Waals surface area contributed by atoms with Crippen LogP contribution in [-0.4, -0.2) is 77.6 Å². The Labute approximate surface area is 182 Å². The van der Waals surface area contributed by atoms with Crippen molar-refractivity contribution in [3.8, 4) is 0 Å². The molecule has 2 N–H and O–H groups in total. The number of nitrogens with zero attached hydrogens (tertiary/aromatic N) is 4. The topological polar surface area (TPSA) is 120 Å². The first-order chi connectivity index (χ1) is 14.7. The minimum atomic E-state index is -3.91. The van der Waals surface area contributed by atoms with E-state index in [1.165, 1.54) is 6.20 Å². The molecule has 2 aliphatic rings. The Morgan fingerprint density at radius 3 is 2.77 bits per heavy atom. The summed E-state index contributed by atoms with van der Waals surface area (Å²) in [5, 5.41) is 10.5. The number of hydrogen-bond donors (Lipinski definition) is 2. The van der Waals surface area contributed by atoms with Gasteiger partial charge in [-0.25, -0.2) is 22.2 Å². The second-order valence-electron chi connectivity index (χ2n) is 7.49. The monoisotopic (exact) mass is 478 g/mol. The van der Waals surface area contributed by atoms with E-state index in [2.05, 4.69) is 25.7 Å². The average molecular weight is 479 g/mol. The van der Waals surface area contributed by atoms with E-state index in [9.17, 15) is 17.2 Å². The summed E-state index contributed by atoms with van der Waals surface area (Å²) in [6.45, 7) is 0.341. The van der Waals surface area contributed by atoms with Crippen LogP contribution >= 0.6 is 11.6 Å². The molecule has 0 radical (unpaired) electrons. The lowest BCUT2D eigenvalue weighted by Gasteiger charge is -2.19. The fraction of sp³-hybridized carbons (Fsp3) is 0.588. The van der Waals surface area contributed by atoms with Crippen molar-refractivity contribution in [3.05, 3.63) is 23.6 Å². The molecule has 4 atom stereocenters. The van der Waals surface area contributed by atoms with Crippen molar-refractivity contribution >= 4 is 38.9 Å². The van der Waals surface area contributed by atoms with E-state index in [0.29, 0.717) is 17.5 Å². The Morgan fingerprint density at radius 2 is 2.06 bits per heavy atom. The van der Waals surface area contributed by atoms with E-state index in [0.717, 1.165) is 0 Å². The van der Waals surface area contributed by atoms with E-state index >= 15 is 0 Å². The fourth-order valence-corrected chi connectivity index (χ4v) is 5.35. The van der Waals surface area contributed by atoms with Crippen LogP contribution in [-0.2, 0) is 26.4 Å². The summed E-state index contributed by atoms with van der Waals surface area (Å²) >= 11 is 6.23. The third kappa shape index (κ3) is 5.22. The highest BCUT2D eigenvalue weighted by Crippen LogP contribution is 2.34. The fourth-order valence-electron chi connectivity index (χ4n) is 3.75. The number of rotatable bonds is 8. The Morgan fingerprint density at radius 1 is 1.29 bits per heavy atom. The molecule has 10 nitrogen and oxygen atoms in total. The van der Waals surface area contributed by atoms with Crippen LogP contribution in [0.4, 0.5) is 26.2 Å². The zero-order valence-electron chi connectivity index (χ0n) is 16.4. The Kier molecular flexibility index (Phi) is 6.28. The van der Waals surface area contributed by atoms with Crippen LogP contribution in [0.1, 0.15) is 0 Å². The Bertz CT molecular complexity index is 1040. The van der Waals surface area contributed by atoms with E-state index in [1.54, 1.807) is 24.1 Å². The molecule has 170 valence electrons. The molecule has 0 bridgehead atoms. The van der Waals surface area contributed by atoms with Crippen LogP contribution in [0.2, 0.25) is 5.02 Å². The van der Waals surface area contributed by atoms with Crippen LogP contribution in [0.25, 0.3) is 0 Å². The summed E-state index contributed by atoms with van der Waals surface area (Å²) in [4.78, 5) is 8.51. The molecular formula is C17H21ClF2N6O4S. The summed E-state index contributed by atoms with van der Waals surface area (Å²) in [5.41, 5.74) is 0.701. The predicted molar refractivity (Wildman–Crippen MR) is 109 cm³/mol. The van der Waals surface area contributed by atoms with Crippen LogP contribution < -0.4 is 10.6 Å². The van der Waals surface area contributed by atoms with Gasteiger partial charge in [-0.3, -0.25) is 4.68 Å². The number of aryl methyl sites for hydroxylation is 1. The molecule has 4 heterocycles. The lowest BCUT2D eigenvalue weighted by atomic mass is 10.0. The highest BCUT2D eigenvalue weighted by Gasteiger charge is 2.49. The molecule has 0 amide bonds. The molecule has 2 aromatic rings. The van der Waals surface area contributed by atoms with Crippen molar-refractivity contribution in [1.29, 1.82) is 0 Å². The van der Waals surface area contributed by atoms with Gasteiger partial charge in [-0.1, -0.05) is 11.6 Å². The second-order valence-corrected chi connectivity index (χ2v) is 10.1. The van der Waals surface area contributed by atoms with Crippen LogP contribution in [0, 0.1) is 5.92 Å². The molecule has 0 aliphatic carbocycles. The molecule has 2 aliphatic heterocycles. The number of halogens is 3. The quantitative estimate of drug-likeness (QED) is 0.581. The van der Waals surface area contributed by atoms with Crippen molar-refractivity contribution in [2.45, 2.75) is 24.7 Å². The van der Waals surface area contributed by atoms with E-state index < -0.39 is 45.9 Å². The number of ether oxygens (including phenoxy) is 2. The second kappa shape index (κ2) is 8.81. The molecule has 2 aromatic heterocycles. The molecule has 14 heteroatoms. The van der Waals surface area contributed by atoms with Gasteiger partial charge >= 0.3 is 0 Å². The molecule has 2 saturated heterocycles. The maximum Gasteiger partial charge on any atom is 0.252 e. The molecule has 2 unspecified atom stereocenters. The number of nitrogens with one attached hydrogen (secondary N) is 2. The van der Waals surface area contributed by atoms with Gasteiger partial charge in [-0.15, -0.1) is 0 Å². The van der Waals surface area contributed by atoms with Crippen molar-refractivity contribution in [3.63, 3.8) is 0 Å². The Hall–Kier alpha value is -2.09. The van der Waals surface area contributed by atoms with Crippen molar-refractivity contribution in [2.24, 2.45) is 13.0 Å². The minimum Gasteiger partial charge on any atom is -0.373 e. The van der Waals surface area contributed by atoms with Crippen LogP contribution in [0.5, 0.6) is 0 Å². The summed E-state index contributed by atoms with van der Waals surface area (Å²) in [6.07, 6.45) is 0.949. The molecule has 4 rings (SSSR count). The smallest absolute Gasteiger partial charge is 0.252 e. The number of fused-ring (bicyclic) bond motifs is 1. The SMILES string of the molecule is Cn1cc(Nc2ncc(Cl)c(N[C@@H]3COC4C3OC[C@@H]4CS(=O)(=O)CC(F)F)n2)cn1. The highest BCUT2D eigenvalue weighted by molar-refractivity contribution is 7.91. The van der Waals surface area contributed by atoms with Gasteiger partial charge in [-0.2, -0.15) is 10.1 Å². The molecule has 0 spiro atoms. The number of hydrogen-bond acceptors (Lipinski definition) is 9. The first kappa shape index (κ1) is 22.1. The van der Waals surface area contributed by atoms with Crippen molar-refractivity contribution in [2.75, 3.05) is 35.4 Å². The number of sulfone groups is 1. The first-order valence-corrected chi connectivity index (χ1v) is 11.7. The van der Waals surface area contributed by atoms with E-state index in [-0.39, 0.29) is 24.3 Å². The molecular weight excluding hydrogens is 458 g/mol. The number of anilines is 3.